The van der Waals surface area contributed by atoms with Gasteiger partial charge in [0, 0.05) is 6.04 Å². The maximum Gasteiger partial charge on any atom is 0.321 e. The molecule has 1 amide bonds. The third kappa shape index (κ3) is 6.23. The fraction of sp³-hybridized carbons (Fsp3) is 0.429. The standard InChI is InChI=1S/C14H20N2O5S/c1-10(2)16-13(17)9-21-14(18)8-15-22(19,20)12-6-4-11(3)5-7-12/h4-7,10,15H,8-9H2,1-3H3,(H,16,17). The van der Waals surface area contributed by atoms with Crippen LogP contribution >= 0.6 is 0 Å². The molecular formula is C14H20N2O5S. The molecule has 0 spiro atoms. The van der Waals surface area contributed by atoms with Crippen molar-refractivity contribution in [3.05, 3.63) is 29.8 Å². The van der Waals surface area contributed by atoms with E-state index in [0.29, 0.717) is 0 Å². The van der Waals surface area contributed by atoms with Crippen molar-refractivity contribution in [1.29, 1.82) is 0 Å². The van der Waals surface area contributed by atoms with Crippen LogP contribution in [0.25, 0.3) is 0 Å². The van der Waals surface area contributed by atoms with Gasteiger partial charge in [-0.2, -0.15) is 4.72 Å². The van der Waals surface area contributed by atoms with Crippen LogP contribution in [0.5, 0.6) is 0 Å². The highest BCUT2D eigenvalue weighted by Crippen LogP contribution is 2.09. The topological polar surface area (TPSA) is 102 Å². The zero-order valence-corrected chi connectivity index (χ0v) is 13.6. The molecule has 0 aliphatic rings. The molecule has 0 saturated carbocycles. The van der Waals surface area contributed by atoms with Gasteiger partial charge < -0.3 is 10.1 Å². The van der Waals surface area contributed by atoms with Crippen LogP contribution in [-0.2, 0) is 24.3 Å². The van der Waals surface area contributed by atoms with Crippen LogP contribution < -0.4 is 10.0 Å². The zero-order chi connectivity index (χ0) is 16.8. The van der Waals surface area contributed by atoms with Crippen molar-refractivity contribution in [2.24, 2.45) is 0 Å². The fourth-order valence-electron chi connectivity index (χ4n) is 1.52. The number of ether oxygens (including phenoxy) is 1. The van der Waals surface area contributed by atoms with E-state index in [4.69, 9.17) is 0 Å². The summed E-state index contributed by atoms with van der Waals surface area (Å²) in [5, 5.41) is 2.55. The average molecular weight is 328 g/mol. The summed E-state index contributed by atoms with van der Waals surface area (Å²) >= 11 is 0. The number of sulfonamides is 1. The van der Waals surface area contributed by atoms with Gasteiger partial charge in [0.25, 0.3) is 5.91 Å². The summed E-state index contributed by atoms with van der Waals surface area (Å²) < 4.78 is 30.7. The van der Waals surface area contributed by atoms with E-state index in [1.165, 1.54) is 12.1 Å². The van der Waals surface area contributed by atoms with E-state index >= 15 is 0 Å². The van der Waals surface area contributed by atoms with Gasteiger partial charge in [0.1, 0.15) is 6.54 Å². The highest BCUT2D eigenvalue weighted by molar-refractivity contribution is 7.89. The van der Waals surface area contributed by atoms with Crippen LogP contribution in [0.15, 0.2) is 29.2 Å². The molecule has 22 heavy (non-hydrogen) atoms. The van der Waals surface area contributed by atoms with Gasteiger partial charge in [0.15, 0.2) is 6.61 Å². The van der Waals surface area contributed by atoms with E-state index in [1.807, 2.05) is 6.92 Å². The molecule has 0 aliphatic carbocycles. The molecule has 8 heteroatoms. The average Bonchev–Trinajstić information content (AvgIpc) is 2.43. The molecule has 0 radical (unpaired) electrons. The Balaban J connectivity index is 2.46. The number of carbonyl (C=O) groups is 2. The van der Waals surface area contributed by atoms with Crippen molar-refractivity contribution in [2.45, 2.75) is 31.7 Å². The lowest BCUT2D eigenvalue weighted by Crippen LogP contribution is -2.36. The lowest BCUT2D eigenvalue weighted by atomic mass is 10.2. The van der Waals surface area contributed by atoms with Crippen molar-refractivity contribution in [1.82, 2.24) is 10.0 Å². The molecule has 7 nitrogen and oxygen atoms in total. The molecule has 0 bridgehead atoms. The fourth-order valence-corrected chi connectivity index (χ4v) is 2.48. The largest absolute Gasteiger partial charge is 0.455 e. The molecule has 0 unspecified atom stereocenters. The summed E-state index contributed by atoms with van der Waals surface area (Å²) in [6.07, 6.45) is 0. The van der Waals surface area contributed by atoms with Gasteiger partial charge in [-0.25, -0.2) is 8.42 Å². The van der Waals surface area contributed by atoms with Crippen molar-refractivity contribution in [3.8, 4) is 0 Å². The molecule has 122 valence electrons. The lowest BCUT2D eigenvalue weighted by molar-refractivity contribution is -0.147. The molecule has 0 atom stereocenters. The van der Waals surface area contributed by atoms with Gasteiger partial charge in [-0.3, -0.25) is 9.59 Å². The second kappa shape index (κ2) is 7.90. The van der Waals surface area contributed by atoms with E-state index < -0.39 is 35.1 Å². The molecule has 0 saturated heterocycles. The van der Waals surface area contributed by atoms with Crippen LogP contribution in [-0.4, -0.2) is 39.5 Å². The van der Waals surface area contributed by atoms with Gasteiger partial charge in [0.2, 0.25) is 10.0 Å². The number of benzene rings is 1. The number of esters is 1. The molecule has 0 aliphatic heterocycles. The number of rotatable bonds is 7. The minimum absolute atomic E-state index is 0.0588. The van der Waals surface area contributed by atoms with Gasteiger partial charge in [-0.05, 0) is 32.9 Å². The Morgan fingerprint density at radius 1 is 1.18 bits per heavy atom. The minimum atomic E-state index is -3.78. The molecule has 1 rings (SSSR count). The van der Waals surface area contributed by atoms with Crippen molar-refractivity contribution in [2.75, 3.05) is 13.2 Å². The van der Waals surface area contributed by atoms with Crippen LogP contribution in [0, 0.1) is 6.92 Å². The van der Waals surface area contributed by atoms with Gasteiger partial charge in [-0.1, -0.05) is 17.7 Å². The van der Waals surface area contributed by atoms with E-state index in [1.54, 1.807) is 26.0 Å². The van der Waals surface area contributed by atoms with Crippen molar-refractivity contribution >= 4 is 21.9 Å². The Morgan fingerprint density at radius 2 is 1.77 bits per heavy atom. The Kier molecular flexibility index (Phi) is 6.51. The molecular weight excluding hydrogens is 308 g/mol. The highest BCUT2D eigenvalue weighted by Gasteiger charge is 2.16. The Labute approximate surface area is 130 Å². The number of hydrogen-bond donors (Lipinski definition) is 2. The van der Waals surface area contributed by atoms with E-state index in [0.717, 1.165) is 5.56 Å². The Morgan fingerprint density at radius 3 is 2.32 bits per heavy atom. The first-order valence-electron chi connectivity index (χ1n) is 6.72. The summed E-state index contributed by atoms with van der Waals surface area (Å²) in [5.41, 5.74) is 0.925. The maximum absolute atomic E-state index is 11.9. The van der Waals surface area contributed by atoms with Crippen LogP contribution in [0.2, 0.25) is 0 Å². The van der Waals surface area contributed by atoms with E-state index in [2.05, 4.69) is 14.8 Å². The second-order valence-corrected chi connectivity index (χ2v) is 6.79. The molecule has 1 aromatic rings. The van der Waals surface area contributed by atoms with E-state index in [-0.39, 0.29) is 10.9 Å². The van der Waals surface area contributed by atoms with Gasteiger partial charge in [0.05, 0.1) is 4.90 Å². The number of carbonyl (C=O) groups excluding carboxylic acids is 2. The monoisotopic (exact) mass is 328 g/mol. The smallest absolute Gasteiger partial charge is 0.321 e. The SMILES string of the molecule is Cc1ccc(S(=O)(=O)NCC(=O)OCC(=O)NC(C)C)cc1. The third-order valence-corrected chi connectivity index (χ3v) is 3.97. The molecule has 0 heterocycles. The van der Waals surface area contributed by atoms with Gasteiger partial charge in [-0.15, -0.1) is 0 Å². The summed E-state index contributed by atoms with van der Waals surface area (Å²) in [6, 6.07) is 6.14. The predicted molar refractivity (Wildman–Crippen MR) is 80.6 cm³/mol. The highest BCUT2D eigenvalue weighted by atomic mass is 32.2. The van der Waals surface area contributed by atoms with E-state index in [9.17, 15) is 18.0 Å². The normalized spacial score (nSPS) is 11.3. The molecule has 2 N–H and O–H groups in total. The molecule has 1 aromatic carbocycles. The summed E-state index contributed by atoms with van der Waals surface area (Å²) in [4.78, 5) is 22.8. The van der Waals surface area contributed by atoms with Crippen molar-refractivity contribution < 1.29 is 22.7 Å². The number of hydrogen-bond acceptors (Lipinski definition) is 5. The zero-order valence-electron chi connectivity index (χ0n) is 12.8. The molecule has 0 fully saturated rings. The maximum atomic E-state index is 11.9. The Bertz CT molecular complexity index is 623. The third-order valence-electron chi connectivity index (χ3n) is 2.55. The summed E-state index contributed by atoms with van der Waals surface area (Å²) in [6.45, 7) is 4.41. The Hall–Kier alpha value is -1.93. The summed E-state index contributed by atoms with van der Waals surface area (Å²) in [7, 11) is -3.78. The first-order valence-corrected chi connectivity index (χ1v) is 8.20. The van der Waals surface area contributed by atoms with Gasteiger partial charge >= 0.3 is 5.97 Å². The number of aryl methyl sites for hydroxylation is 1. The summed E-state index contributed by atoms with van der Waals surface area (Å²) in [5.74, 6) is -1.26. The number of nitrogens with one attached hydrogen (secondary N) is 2. The quantitative estimate of drug-likeness (QED) is 0.703. The molecule has 0 aromatic heterocycles. The lowest BCUT2D eigenvalue weighted by Gasteiger charge is -2.09. The second-order valence-electron chi connectivity index (χ2n) is 5.02. The van der Waals surface area contributed by atoms with Crippen LogP contribution in [0.4, 0.5) is 0 Å². The predicted octanol–water partition coefficient (Wildman–Crippen LogP) is 0.341. The first kappa shape index (κ1) is 18.1. The first-order chi connectivity index (χ1) is 10.2. The minimum Gasteiger partial charge on any atom is -0.455 e. The van der Waals surface area contributed by atoms with Crippen LogP contribution in [0.1, 0.15) is 19.4 Å². The number of amides is 1. The van der Waals surface area contributed by atoms with Crippen molar-refractivity contribution in [3.63, 3.8) is 0 Å². The van der Waals surface area contributed by atoms with Crippen LogP contribution in [0.3, 0.4) is 0 Å².